The van der Waals surface area contributed by atoms with Crippen LogP contribution in [0.25, 0.3) is 9.75 Å². The van der Waals surface area contributed by atoms with Gasteiger partial charge in [-0.3, -0.25) is 9.59 Å². The molecule has 0 amide bonds. The summed E-state index contributed by atoms with van der Waals surface area (Å²) < 4.78 is 24.6. The Morgan fingerprint density at radius 1 is 0.769 bits per heavy atom. The summed E-state index contributed by atoms with van der Waals surface area (Å²) in [5.41, 5.74) is 1.49. The van der Waals surface area contributed by atoms with E-state index in [1.54, 1.807) is 0 Å². The molecule has 2 aromatic heterocycles. The van der Waals surface area contributed by atoms with Crippen LogP contribution in [-0.2, 0) is 30.5 Å². The molecular formula is C18H16O6S2. The highest BCUT2D eigenvalue weighted by atomic mass is 32.1. The SMILES string of the molecule is CC(=O)c1cc2c(s1)-c1sc(C(C)=O)cc1C13OCCOC21OCCO3. The van der Waals surface area contributed by atoms with E-state index < -0.39 is 11.6 Å². The van der Waals surface area contributed by atoms with Gasteiger partial charge >= 0.3 is 0 Å². The van der Waals surface area contributed by atoms with Crippen LogP contribution in [0.15, 0.2) is 12.1 Å². The molecule has 4 heterocycles. The summed E-state index contributed by atoms with van der Waals surface area (Å²) >= 11 is 2.79. The maximum absolute atomic E-state index is 12.0. The molecule has 0 aromatic carbocycles. The molecule has 0 N–H and O–H groups in total. The molecule has 0 bridgehead atoms. The number of rotatable bonds is 2. The van der Waals surface area contributed by atoms with Crippen LogP contribution in [-0.4, -0.2) is 38.0 Å². The normalized spacial score (nSPS) is 29.3. The lowest BCUT2D eigenvalue weighted by Gasteiger charge is -2.55. The smallest absolute Gasteiger partial charge is 0.257 e. The van der Waals surface area contributed by atoms with Gasteiger partial charge in [0, 0.05) is 11.1 Å². The number of ketones is 2. The van der Waals surface area contributed by atoms with Crippen molar-refractivity contribution >= 4 is 34.2 Å². The van der Waals surface area contributed by atoms with Crippen molar-refractivity contribution in [3.8, 4) is 9.75 Å². The van der Waals surface area contributed by atoms with Crippen molar-refractivity contribution < 1.29 is 28.5 Å². The van der Waals surface area contributed by atoms with Gasteiger partial charge in [0.1, 0.15) is 0 Å². The van der Waals surface area contributed by atoms with Crippen LogP contribution in [0.1, 0.15) is 44.3 Å². The summed E-state index contributed by atoms with van der Waals surface area (Å²) in [5.74, 6) is -2.56. The Morgan fingerprint density at radius 2 is 1.12 bits per heavy atom. The van der Waals surface area contributed by atoms with Gasteiger partial charge in [-0.05, 0) is 26.0 Å². The number of hydrogen-bond acceptors (Lipinski definition) is 8. The van der Waals surface area contributed by atoms with Crippen molar-refractivity contribution in [3.63, 3.8) is 0 Å². The largest absolute Gasteiger partial charge is 0.339 e. The third kappa shape index (κ3) is 1.94. The van der Waals surface area contributed by atoms with E-state index in [2.05, 4.69) is 0 Å². The van der Waals surface area contributed by atoms with Crippen molar-refractivity contribution in [1.29, 1.82) is 0 Å². The van der Waals surface area contributed by atoms with Crippen LogP contribution >= 0.6 is 22.7 Å². The van der Waals surface area contributed by atoms with E-state index in [0.29, 0.717) is 36.2 Å². The van der Waals surface area contributed by atoms with Crippen molar-refractivity contribution in [2.24, 2.45) is 0 Å². The van der Waals surface area contributed by atoms with Gasteiger partial charge in [0.2, 0.25) is 0 Å². The number of carbonyl (C=O) groups is 2. The predicted octanol–water partition coefficient (Wildman–Crippen LogP) is 3.29. The van der Waals surface area contributed by atoms with E-state index in [1.807, 2.05) is 12.1 Å². The fraction of sp³-hybridized carbons (Fsp3) is 0.444. The molecule has 136 valence electrons. The topological polar surface area (TPSA) is 71.1 Å². The minimum absolute atomic E-state index is 0.0234. The molecule has 2 saturated heterocycles. The molecule has 1 aliphatic carbocycles. The first kappa shape index (κ1) is 16.7. The van der Waals surface area contributed by atoms with Gasteiger partial charge in [0.25, 0.3) is 11.6 Å². The zero-order valence-corrected chi connectivity index (χ0v) is 15.9. The van der Waals surface area contributed by atoms with Crippen LogP contribution in [0.3, 0.4) is 0 Å². The Morgan fingerprint density at radius 3 is 1.42 bits per heavy atom. The highest BCUT2D eigenvalue weighted by Crippen LogP contribution is 2.62. The van der Waals surface area contributed by atoms with E-state index in [0.717, 1.165) is 20.9 Å². The summed E-state index contributed by atoms with van der Waals surface area (Å²) in [5, 5.41) is 0. The monoisotopic (exact) mass is 392 g/mol. The van der Waals surface area contributed by atoms with Crippen molar-refractivity contribution in [3.05, 3.63) is 33.0 Å². The fourth-order valence-electron chi connectivity index (χ4n) is 3.83. The molecular weight excluding hydrogens is 376 g/mol. The van der Waals surface area contributed by atoms with Crippen molar-refractivity contribution in [1.82, 2.24) is 0 Å². The summed E-state index contributed by atoms with van der Waals surface area (Å²) in [6.45, 7) is 4.50. The minimum Gasteiger partial charge on any atom is -0.339 e. The van der Waals surface area contributed by atoms with Crippen molar-refractivity contribution in [2.75, 3.05) is 26.4 Å². The number of thiophene rings is 2. The van der Waals surface area contributed by atoms with Gasteiger partial charge in [-0.15, -0.1) is 22.7 Å². The van der Waals surface area contributed by atoms with Crippen LogP contribution in [0.2, 0.25) is 0 Å². The fourth-order valence-corrected chi connectivity index (χ4v) is 6.17. The Kier molecular flexibility index (Phi) is 3.57. The number of hydrogen-bond donors (Lipinski definition) is 0. The van der Waals surface area contributed by atoms with E-state index in [9.17, 15) is 9.59 Å². The van der Waals surface area contributed by atoms with E-state index in [1.165, 1.54) is 36.5 Å². The van der Waals surface area contributed by atoms with Crippen molar-refractivity contribution in [2.45, 2.75) is 25.4 Å². The molecule has 26 heavy (non-hydrogen) atoms. The standard InChI is InChI=1S/C18H16O6S2/c1-9(19)13-7-11-15(25-13)16-12(8-14(26-16)10(2)20)18-17(11,21-3-5-23-18)22-4-6-24-18/h7-8H,3-6H2,1-2H3. The lowest BCUT2D eigenvalue weighted by atomic mass is 9.83. The van der Waals surface area contributed by atoms with E-state index in [4.69, 9.17) is 18.9 Å². The molecule has 0 atom stereocenters. The number of carbonyl (C=O) groups excluding carboxylic acids is 2. The first-order valence-corrected chi connectivity index (χ1v) is 9.98. The summed E-state index contributed by atoms with van der Waals surface area (Å²) in [7, 11) is 0. The molecule has 3 aliphatic rings. The molecule has 5 rings (SSSR count). The third-order valence-electron chi connectivity index (χ3n) is 4.89. The van der Waals surface area contributed by atoms with Gasteiger partial charge in [-0.2, -0.15) is 0 Å². The van der Waals surface area contributed by atoms with Crippen LogP contribution in [0, 0.1) is 0 Å². The quantitative estimate of drug-likeness (QED) is 0.731. The lowest BCUT2D eigenvalue weighted by Crippen LogP contribution is -2.63. The van der Waals surface area contributed by atoms with Gasteiger partial charge in [-0.1, -0.05) is 0 Å². The van der Waals surface area contributed by atoms with Gasteiger partial charge < -0.3 is 18.9 Å². The second-order valence-corrected chi connectivity index (χ2v) is 8.55. The zero-order chi connectivity index (χ0) is 18.1. The van der Waals surface area contributed by atoms with Gasteiger partial charge in [0.15, 0.2) is 11.6 Å². The Balaban J connectivity index is 1.86. The highest BCUT2D eigenvalue weighted by molar-refractivity contribution is 7.24. The zero-order valence-electron chi connectivity index (χ0n) is 14.2. The van der Waals surface area contributed by atoms with Gasteiger partial charge in [-0.25, -0.2) is 0 Å². The molecule has 2 aliphatic heterocycles. The molecule has 2 fully saturated rings. The summed E-state index contributed by atoms with van der Waals surface area (Å²) in [4.78, 5) is 27.0. The first-order valence-electron chi connectivity index (χ1n) is 8.35. The minimum atomic E-state index is -1.26. The molecule has 0 unspecified atom stereocenters. The highest BCUT2D eigenvalue weighted by Gasteiger charge is 2.67. The maximum Gasteiger partial charge on any atom is 0.257 e. The van der Waals surface area contributed by atoms with E-state index in [-0.39, 0.29) is 11.6 Å². The molecule has 0 spiro atoms. The number of Topliss-reactive ketones (excluding diaryl/α,β-unsaturated/α-hetero) is 2. The molecule has 0 saturated carbocycles. The Bertz CT molecular complexity index is 851. The van der Waals surface area contributed by atoms with Gasteiger partial charge in [0.05, 0.1) is 45.9 Å². The second kappa shape index (κ2) is 5.54. The predicted molar refractivity (Wildman–Crippen MR) is 94.8 cm³/mol. The molecule has 8 heteroatoms. The van der Waals surface area contributed by atoms with E-state index >= 15 is 0 Å². The van der Waals surface area contributed by atoms with Crippen LogP contribution < -0.4 is 0 Å². The average Bonchev–Trinajstić information content (AvgIpc) is 3.26. The second-order valence-electron chi connectivity index (χ2n) is 6.45. The van der Waals surface area contributed by atoms with Crippen LogP contribution in [0.5, 0.6) is 0 Å². The average molecular weight is 392 g/mol. The summed E-state index contributed by atoms with van der Waals surface area (Å²) in [6.07, 6.45) is 0. The van der Waals surface area contributed by atoms with Crippen LogP contribution in [0.4, 0.5) is 0 Å². The summed E-state index contributed by atoms with van der Waals surface area (Å²) in [6, 6.07) is 3.63. The number of fused-ring (bicyclic) bond motifs is 3. The molecule has 2 aromatic rings. The first-order chi connectivity index (χ1) is 12.5. The molecule has 0 radical (unpaired) electrons. The maximum atomic E-state index is 12.0. The Labute approximate surface area is 157 Å². The Hall–Kier alpha value is -1.42. The molecule has 6 nitrogen and oxygen atoms in total. The lowest BCUT2D eigenvalue weighted by molar-refractivity contribution is -0.483. The number of ether oxygens (including phenoxy) is 4. The third-order valence-corrected chi connectivity index (χ3v) is 7.53.